The van der Waals surface area contributed by atoms with Gasteiger partial charge >= 0.3 is 6.18 Å². The number of nitrogens with zero attached hydrogens (tertiary/aromatic N) is 2. The van der Waals surface area contributed by atoms with Crippen molar-refractivity contribution in [3.63, 3.8) is 0 Å². The average Bonchev–Trinajstić information content (AvgIpc) is 3.04. The van der Waals surface area contributed by atoms with Crippen molar-refractivity contribution in [1.82, 2.24) is 9.78 Å². The second kappa shape index (κ2) is 6.76. The van der Waals surface area contributed by atoms with Crippen molar-refractivity contribution in [2.75, 3.05) is 0 Å². The van der Waals surface area contributed by atoms with Crippen LogP contribution in [0.3, 0.4) is 0 Å². The van der Waals surface area contributed by atoms with Gasteiger partial charge in [0.2, 0.25) is 0 Å². The number of phenols is 1. The van der Waals surface area contributed by atoms with Crippen LogP contribution in [-0.4, -0.2) is 21.1 Å². The van der Waals surface area contributed by atoms with Gasteiger partial charge in [-0.05, 0) is 54.0 Å². The minimum absolute atomic E-state index is 0.0615. The molecule has 0 amide bonds. The Bertz CT molecular complexity index is 959. The summed E-state index contributed by atoms with van der Waals surface area (Å²) in [6.45, 7) is -1.18. The van der Waals surface area contributed by atoms with Crippen LogP contribution in [0.1, 0.15) is 22.3 Å². The summed E-state index contributed by atoms with van der Waals surface area (Å²) in [4.78, 5) is 0. The van der Waals surface area contributed by atoms with Gasteiger partial charge in [-0.3, -0.25) is 4.68 Å². The molecule has 0 radical (unpaired) electrons. The Kier molecular flexibility index (Phi) is 4.42. The predicted molar refractivity (Wildman–Crippen MR) is 96.6 cm³/mol. The molecule has 0 spiro atoms. The molecule has 3 aromatic rings. The van der Waals surface area contributed by atoms with Gasteiger partial charge < -0.3 is 5.11 Å². The number of alkyl halides is 3. The Morgan fingerprint density at radius 3 is 2.07 bits per heavy atom. The van der Waals surface area contributed by atoms with Crippen LogP contribution < -0.4 is 0 Å². The van der Waals surface area contributed by atoms with Crippen LogP contribution in [0.2, 0.25) is 0 Å². The summed E-state index contributed by atoms with van der Waals surface area (Å²) in [5.74, 6) is 0.0615. The molecule has 1 N–H and O–H groups in total. The SMILES string of the molecule is Oc1c2ccc(c1-c1ccnn1CC(F)(F)F)CCc1ccc(cc1)CC2. The number of rotatable bonds is 2. The zero-order valence-corrected chi connectivity index (χ0v) is 14.6. The fourth-order valence-electron chi connectivity index (χ4n) is 3.64. The Morgan fingerprint density at radius 1 is 0.852 bits per heavy atom. The van der Waals surface area contributed by atoms with Crippen LogP contribution in [0, 0.1) is 0 Å². The van der Waals surface area contributed by atoms with Crippen molar-refractivity contribution in [3.05, 3.63) is 70.9 Å². The molecule has 4 aliphatic carbocycles. The van der Waals surface area contributed by atoms with Crippen LogP contribution >= 0.6 is 0 Å². The average molecular weight is 372 g/mol. The molecule has 27 heavy (non-hydrogen) atoms. The molecule has 6 heteroatoms. The Labute approximate surface area is 155 Å². The molecular weight excluding hydrogens is 353 g/mol. The number of halogens is 3. The van der Waals surface area contributed by atoms with Crippen molar-refractivity contribution in [2.45, 2.75) is 38.4 Å². The lowest BCUT2D eigenvalue weighted by molar-refractivity contribution is -0.142. The number of hydrogen-bond acceptors (Lipinski definition) is 2. The van der Waals surface area contributed by atoms with Crippen LogP contribution in [0.25, 0.3) is 11.3 Å². The topological polar surface area (TPSA) is 38.1 Å². The molecule has 140 valence electrons. The lowest BCUT2D eigenvalue weighted by atomic mass is 9.91. The third-order valence-electron chi connectivity index (χ3n) is 5.04. The number of aromatic hydroxyl groups is 1. The maximum absolute atomic E-state index is 12.9. The lowest BCUT2D eigenvalue weighted by Gasteiger charge is -2.18. The summed E-state index contributed by atoms with van der Waals surface area (Å²) < 4.78 is 39.7. The normalized spacial score (nSPS) is 14.2. The summed E-state index contributed by atoms with van der Waals surface area (Å²) in [7, 11) is 0. The smallest absolute Gasteiger partial charge is 0.408 e. The molecule has 4 aliphatic rings. The van der Waals surface area contributed by atoms with Gasteiger partial charge in [0, 0.05) is 11.8 Å². The molecule has 0 fully saturated rings. The van der Waals surface area contributed by atoms with Gasteiger partial charge in [-0.1, -0.05) is 36.4 Å². The predicted octanol–water partition coefficient (Wildman–Crippen LogP) is 4.70. The van der Waals surface area contributed by atoms with E-state index in [1.165, 1.54) is 17.8 Å². The summed E-state index contributed by atoms with van der Waals surface area (Å²) in [5, 5.41) is 14.7. The minimum atomic E-state index is -4.38. The van der Waals surface area contributed by atoms with Gasteiger partial charge in [0.25, 0.3) is 0 Å². The van der Waals surface area contributed by atoms with Crippen molar-refractivity contribution in [2.24, 2.45) is 0 Å². The van der Waals surface area contributed by atoms with Gasteiger partial charge in [0.05, 0.1) is 5.69 Å². The summed E-state index contributed by atoms with van der Waals surface area (Å²) in [5.41, 5.74) is 4.66. The molecule has 2 aromatic carbocycles. The molecule has 4 bridgehead atoms. The zero-order valence-electron chi connectivity index (χ0n) is 14.6. The molecule has 0 aliphatic heterocycles. The van der Waals surface area contributed by atoms with Crippen molar-refractivity contribution in [1.29, 1.82) is 0 Å². The summed E-state index contributed by atoms with van der Waals surface area (Å²) in [6, 6.07) is 13.7. The molecule has 0 unspecified atom stereocenters. The minimum Gasteiger partial charge on any atom is -0.507 e. The second-order valence-electron chi connectivity index (χ2n) is 6.91. The molecule has 0 saturated heterocycles. The van der Waals surface area contributed by atoms with E-state index in [1.807, 2.05) is 12.1 Å². The highest BCUT2D eigenvalue weighted by atomic mass is 19.4. The van der Waals surface area contributed by atoms with Crippen molar-refractivity contribution >= 4 is 0 Å². The van der Waals surface area contributed by atoms with Gasteiger partial charge in [-0.25, -0.2) is 0 Å². The largest absolute Gasteiger partial charge is 0.507 e. The highest BCUT2D eigenvalue weighted by Crippen LogP contribution is 2.38. The highest BCUT2D eigenvalue weighted by Gasteiger charge is 2.30. The number of hydrogen-bond donors (Lipinski definition) is 1. The maximum atomic E-state index is 12.9. The number of aromatic nitrogens is 2. The van der Waals surface area contributed by atoms with Crippen LogP contribution in [0.4, 0.5) is 13.2 Å². The van der Waals surface area contributed by atoms with Gasteiger partial charge in [0.15, 0.2) is 0 Å². The number of phenolic OH excluding ortho intramolecular Hbond substituents is 1. The molecule has 0 atom stereocenters. The first-order valence-electron chi connectivity index (χ1n) is 8.91. The first-order chi connectivity index (χ1) is 12.9. The number of aryl methyl sites for hydroxylation is 4. The van der Waals surface area contributed by atoms with Crippen LogP contribution in [0.5, 0.6) is 5.75 Å². The molecular formula is C21H19F3N2O. The third-order valence-corrected chi connectivity index (χ3v) is 5.04. The molecule has 0 saturated carbocycles. The van der Waals surface area contributed by atoms with E-state index in [0.29, 0.717) is 24.1 Å². The maximum Gasteiger partial charge on any atom is 0.408 e. The zero-order chi connectivity index (χ0) is 19.0. The first kappa shape index (κ1) is 17.6. The van der Waals surface area contributed by atoms with Crippen LogP contribution in [0.15, 0.2) is 48.7 Å². The summed E-state index contributed by atoms with van der Waals surface area (Å²) >= 11 is 0. The lowest BCUT2D eigenvalue weighted by Crippen LogP contribution is -2.19. The quantitative estimate of drug-likeness (QED) is 0.708. The van der Waals surface area contributed by atoms with E-state index in [1.54, 1.807) is 0 Å². The van der Waals surface area contributed by atoms with E-state index in [9.17, 15) is 18.3 Å². The van der Waals surface area contributed by atoms with E-state index in [-0.39, 0.29) is 5.75 Å². The fourth-order valence-corrected chi connectivity index (χ4v) is 3.64. The molecule has 7 rings (SSSR count). The van der Waals surface area contributed by atoms with E-state index in [2.05, 4.69) is 29.4 Å². The molecule has 1 heterocycles. The molecule has 3 nitrogen and oxygen atoms in total. The fraction of sp³-hybridized carbons (Fsp3) is 0.286. The van der Waals surface area contributed by atoms with E-state index in [0.717, 1.165) is 34.2 Å². The monoisotopic (exact) mass is 372 g/mol. The van der Waals surface area contributed by atoms with Crippen molar-refractivity contribution in [3.8, 4) is 17.0 Å². The van der Waals surface area contributed by atoms with E-state index < -0.39 is 12.7 Å². The van der Waals surface area contributed by atoms with Gasteiger partial charge in [0.1, 0.15) is 12.3 Å². The Balaban J connectivity index is 1.81. The molecule has 1 aromatic heterocycles. The van der Waals surface area contributed by atoms with E-state index >= 15 is 0 Å². The van der Waals surface area contributed by atoms with Gasteiger partial charge in [-0.2, -0.15) is 18.3 Å². The van der Waals surface area contributed by atoms with E-state index in [4.69, 9.17) is 0 Å². The van der Waals surface area contributed by atoms with Crippen molar-refractivity contribution < 1.29 is 18.3 Å². The third kappa shape index (κ3) is 3.70. The Hall–Kier alpha value is -2.76. The standard InChI is InChI=1S/C21H19F3N2O/c22-21(23,24)13-26-18(11-12-25-26)19-16-7-5-14-1-3-15(4-2-14)6-8-17(10-9-16)20(19)27/h1-4,9-12,27H,5-8,13H2. The van der Waals surface area contributed by atoms with Crippen LogP contribution in [-0.2, 0) is 32.2 Å². The summed E-state index contributed by atoms with van der Waals surface area (Å²) in [6.07, 6.45) is -0.284. The number of benzene rings is 2. The first-order valence-corrected chi connectivity index (χ1v) is 8.91. The van der Waals surface area contributed by atoms with Gasteiger partial charge in [-0.15, -0.1) is 0 Å². The second-order valence-corrected chi connectivity index (χ2v) is 6.91. The Morgan fingerprint density at radius 2 is 1.44 bits per heavy atom. The highest BCUT2D eigenvalue weighted by molar-refractivity contribution is 5.73.